The topological polar surface area (TPSA) is 97.7 Å². The molecule has 2 aromatic rings. The Balaban J connectivity index is 1.17. The number of carboxylic acids is 1. The highest BCUT2D eigenvalue weighted by Crippen LogP contribution is 2.39. The largest absolute Gasteiger partial charge is 0.494 e. The average molecular weight is 589 g/mol. The first-order valence-corrected chi connectivity index (χ1v) is 15.9. The number of hydrogen-bond donors (Lipinski definition) is 1. The molecule has 2 aromatic carbocycles. The van der Waals surface area contributed by atoms with Crippen molar-refractivity contribution < 1.29 is 28.9 Å². The summed E-state index contributed by atoms with van der Waals surface area (Å²) in [4.78, 5) is 24.6. The molecule has 0 spiro atoms. The van der Waals surface area contributed by atoms with Gasteiger partial charge in [0.05, 0.1) is 43.6 Å². The van der Waals surface area contributed by atoms with Gasteiger partial charge in [0.25, 0.3) is 0 Å². The normalized spacial score (nSPS) is 20.6. The first-order valence-electron chi connectivity index (χ1n) is 15.9. The fourth-order valence-corrected chi connectivity index (χ4v) is 6.41. The highest BCUT2D eigenvalue weighted by atomic mass is 16.5. The number of amides is 1. The third kappa shape index (κ3) is 7.78. The molecule has 1 heterocycles. The molecule has 0 bridgehead atoms. The quantitative estimate of drug-likeness (QED) is 0.150. The van der Waals surface area contributed by atoms with Crippen molar-refractivity contribution in [3.8, 4) is 17.2 Å². The zero-order valence-electron chi connectivity index (χ0n) is 25.2. The van der Waals surface area contributed by atoms with Gasteiger partial charge < -0.3 is 19.3 Å². The molecule has 0 saturated heterocycles. The lowest BCUT2D eigenvalue weighted by atomic mass is 9.76. The summed E-state index contributed by atoms with van der Waals surface area (Å²) < 4.78 is 17.6. The maximum absolute atomic E-state index is 13.6. The van der Waals surface area contributed by atoms with Crippen LogP contribution < -0.4 is 14.2 Å². The molecular formula is C35H44N2O6. The number of carbonyl (C=O) groups excluding carboxylic acids is 1. The number of hydrogen-bond acceptors (Lipinski definition) is 6. The van der Waals surface area contributed by atoms with Crippen molar-refractivity contribution in [1.82, 2.24) is 5.01 Å². The Kier molecular flexibility index (Phi) is 10.7. The van der Waals surface area contributed by atoms with Crippen LogP contribution in [0.15, 0.2) is 59.7 Å². The molecule has 230 valence electrons. The summed E-state index contributed by atoms with van der Waals surface area (Å²) in [6, 6.07) is 12.7. The van der Waals surface area contributed by atoms with Crippen molar-refractivity contribution in [2.75, 3.05) is 20.3 Å². The van der Waals surface area contributed by atoms with Crippen molar-refractivity contribution >= 4 is 17.6 Å². The standard InChI is InChI=1S/C35H44N2O6/c1-41-31-21-18-26(24-32(31)43-23-11-5-4-10-22-42-28-19-16-25(17-20-28)35(39)40)33-29-14-8-9-15-30(29)34(38)37(36-33)27-12-6-2-3-7-13-27/h8-9,16-21,24,27,29-30H,2-7,10-15,22-23H2,1H3,(H,39,40)/t29-,30+/m0/s1. The van der Waals surface area contributed by atoms with Gasteiger partial charge in [0.2, 0.25) is 5.91 Å². The molecule has 0 unspecified atom stereocenters. The molecule has 1 N–H and O–H groups in total. The summed E-state index contributed by atoms with van der Waals surface area (Å²) in [5.74, 6) is 1.36. The number of carboxylic acid groups (broad SMARTS) is 1. The zero-order chi connectivity index (χ0) is 30.0. The van der Waals surface area contributed by atoms with Crippen LogP contribution in [-0.2, 0) is 4.79 Å². The Morgan fingerprint density at radius 2 is 1.53 bits per heavy atom. The number of methoxy groups -OCH3 is 1. The first-order chi connectivity index (χ1) is 21.0. The van der Waals surface area contributed by atoms with Crippen molar-refractivity contribution in [3.63, 3.8) is 0 Å². The van der Waals surface area contributed by atoms with E-state index in [0.717, 1.165) is 75.5 Å². The fraction of sp³-hybridized carbons (Fsp3) is 0.514. The predicted octanol–water partition coefficient (Wildman–Crippen LogP) is 7.26. The fourth-order valence-electron chi connectivity index (χ4n) is 6.41. The van der Waals surface area contributed by atoms with Crippen LogP contribution in [0, 0.1) is 11.8 Å². The van der Waals surface area contributed by atoms with Gasteiger partial charge in [-0.25, -0.2) is 9.80 Å². The van der Waals surface area contributed by atoms with E-state index in [1.165, 1.54) is 12.8 Å². The molecule has 8 heteroatoms. The third-order valence-corrected chi connectivity index (χ3v) is 8.84. The number of nitrogens with zero attached hydrogens (tertiary/aromatic N) is 2. The molecule has 0 radical (unpaired) electrons. The van der Waals surface area contributed by atoms with Crippen LogP contribution in [0.1, 0.15) is 93.0 Å². The highest BCUT2D eigenvalue weighted by Gasteiger charge is 2.42. The lowest BCUT2D eigenvalue weighted by molar-refractivity contribution is -0.140. The maximum atomic E-state index is 13.6. The lowest BCUT2D eigenvalue weighted by Crippen LogP contribution is -2.49. The van der Waals surface area contributed by atoms with Crippen LogP contribution >= 0.6 is 0 Å². The highest BCUT2D eigenvalue weighted by molar-refractivity contribution is 6.07. The molecule has 2 aliphatic carbocycles. The Labute approximate surface area is 254 Å². The predicted molar refractivity (Wildman–Crippen MR) is 166 cm³/mol. The Bertz CT molecular complexity index is 1300. The van der Waals surface area contributed by atoms with E-state index in [4.69, 9.17) is 24.4 Å². The van der Waals surface area contributed by atoms with E-state index in [1.807, 2.05) is 17.1 Å². The van der Waals surface area contributed by atoms with Crippen LogP contribution in [0.5, 0.6) is 17.2 Å². The molecule has 43 heavy (non-hydrogen) atoms. The number of hydrazone groups is 1. The average Bonchev–Trinajstić information content (AvgIpc) is 3.32. The second kappa shape index (κ2) is 15.1. The minimum absolute atomic E-state index is 0.0553. The number of unbranched alkanes of at least 4 members (excludes halogenated alkanes) is 3. The Hall–Kier alpha value is -3.81. The molecule has 5 rings (SSSR count). The molecule has 1 amide bonds. The van der Waals surface area contributed by atoms with Gasteiger partial charge >= 0.3 is 5.97 Å². The SMILES string of the molecule is COc1ccc(C2=NN(C3CCCCCC3)C(=O)[C@@H]3CC=CC[C@H]23)cc1OCCCCCCOc1ccc(C(=O)O)cc1. The number of aromatic carboxylic acids is 1. The van der Waals surface area contributed by atoms with Crippen LogP contribution in [-0.4, -0.2) is 54.1 Å². The molecule has 0 aromatic heterocycles. The summed E-state index contributed by atoms with van der Waals surface area (Å²) in [6.07, 6.45) is 16.6. The van der Waals surface area contributed by atoms with Crippen molar-refractivity contribution in [2.45, 2.75) is 83.1 Å². The van der Waals surface area contributed by atoms with Gasteiger partial charge in [0.15, 0.2) is 11.5 Å². The van der Waals surface area contributed by atoms with Gasteiger partial charge in [-0.2, -0.15) is 5.10 Å². The molecular weight excluding hydrogens is 544 g/mol. The van der Waals surface area contributed by atoms with Crippen molar-refractivity contribution in [3.05, 3.63) is 65.7 Å². The summed E-state index contributed by atoms with van der Waals surface area (Å²) in [7, 11) is 1.66. The van der Waals surface area contributed by atoms with Gasteiger partial charge in [0.1, 0.15) is 5.75 Å². The maximum Gasteiger partial charge on any atom is 0.335 e. The van der Waals surface area contributed by atoms with E-state index >= 15 is 0 Å². The molecule has 1 fully saturated rings. The van der Waals surface area contributed by atoms with E-state index in [2.05, 4.69) is 18.2 Å². The van der Waals surface area contributed by atoms with Gasteiger partial charge in [-0.15, -0.1) is 0 Å². The molecule has 3 aliphatic rings. The van der Waals surface area contributed by atoms with E-state index < -0.39 is 5.97 Å². The third-order valence-electron chi connectivity index (χ3n) is 8.84. The number of carbonyl (C=O) groups is 2. The van der Waals surface area contributed by atoms with Crippen molar-refractivity contribution in [2.24, 2.45) is 16.9 Å². The van der Waals surface area contributed by atoms with Crippen LogP contribution in [0.25, 0.3) is 0 Å². The minimum Gasteiger partial charge on any atom is -0.494 e. The Morgan fingerprint density at radius 1 is 0.860 bits per heavy atom. The van der Waals surface area contributed by atoms with E-state index in [-0.39, 0.29) is 29.3 Å². The number of allylic oxidation sites excluding steroid dienone is 2. The summed E-state index contributed by atoms with van der Waals surface area (Å²) in [5.41, 5.74) is 2.24. The number of ether oxygens (including phenoxy) is 3. The smallest absolute Gasteiger partial charge is 0.335 e. The molecule has 2 atom stereocenters. The minimum atomic E-state index is -0.940. The second-order valence-corrected chi connectivity index (χ2v) is 11.8. The number of rotatable bonds is 13. The summed E-state index contributed by atoms with van der Waals surface area (Å²) >= 11 is 0. The number of fused-ring (bicyclic) bond motifs is 1. The van der Waals surface area contributed by atoms with E-state index in [9.17, 15) is 9.59 Å². The lowest BCUT2D eigenvalue weighted by Gasteiger charge is -2.40. The van der Waals surface area contributed by atoms with Crippen molar-refractivity contribution in [1.29, 1.82) is 0 Å². The molecule has 1 aliphatic heterocycles. The zero-order valence-corrected chi connectivity index (χ0v) is 25.2. The summed E-state index contributed by atoms with van der Waals surface area (Å²) in [5, 5.41) is 15.9. The Morgan fingerprint density at radius 3 is 2.21 bits per heavy atom. The molecule has 1 saturated carbocycles. The molecule has 8 nitrogen and oxygen atoms in total. The van der Waals surface area contributed by atoms with E-state index in [0.29, 0.717) is 30.5 Å². The van der Waals surface area contributed by atoms with Crippen LogP contribution in [0.3, 0.4) is 0 Å². The van der Waals surface area contributed by atoms with Gasteiger partial charge in [0, 0.05) is 11.5 Å². The van der Waals surface area contributed by atoms with Crippen LogP contribution in [0.4, 0.5) is 0 Å². The van der Waals surface area contributed by atoms with Gasteiger partial charge in [-0.3, -0.25) is 4.79 Å². The first kappa shape index (κ1) is 30.6. The number of benzene rings is 2. The van der Waals surface area contributed by atoms with E-state index in [1.54, 1.807) is 31.4 Å². The van der Waals surface area contributed by atoms with Gasteiger partial charge in [-0.1, -0.05) is 37.8 Å². The van der Waals surface area contributed by atoms with Gasteiger partial charge in [-0.05, 0) is 93.8 Å². The van der Waals surface area contributed by atoms with Crippen LogP contribution in [0.2, 0.25) is 0 Å². The second-order valence-electron chi connectivity index (χ2n) is 11.8. The summed E-state index contributed by atoms with van der Waals surface area (Å²) in [6.45, 7) is 1.16. The monoisotopic (exact) mass is 588 g/mol.